The lowest BCUT2D eigenvalue weighted by Crippen LogP contribution is -2.31. The largest absolute Gasteiger partial charge is 0.339 e. The van der Waals surface area contributed by atoms with E-state index in [1.165, 1.54) is 0 Å². The van der Waals surface area contributed by atoms with Gasteiger partial charge in [-0.2, -0.15) is 4.98 Å². The van der Waals surface area contributed by atoms with Crippen LogP contribution in [-0.2, 0) is 26.6 Å². The van der Waals surface area contributed by atoms with Crippen molar-refractivity contribution in [1.29, 1.82) is 0 Å². The Labute approximate surface area is 130 Å². The second-order valence-corrected chi connectivity index (χ2v) is 5.82. The molecule has 0 N–H and O–H groups in total. The Hall–Kier alpha value is -1.73. The van der Waals surface area contributed by atoms with Crippen molar-refractivity contribution in [3.05, 3.63) is 29.9 Å². The Balaban J connectivity index is 1.52. The molecule has 0 aliphatic carbocycles. The van der Waals surface area contributed by atoms with Gasteiger partial charge in [0.25, 0.3) is 0 Å². The number of hydrogen-bond donors (Lipinski definition) is 0. The van der Waals surface area contributed by atoms with Crippen LogP contribution in [0, 0.1) is 0 Å². The Morgan fingerprint density at radius 2 is 1.91 bits per heavy atom. The summed E-state index contributed by atoms with van der Waals surface area (Å²) in [6, 6.07) is 0. The van der Waals surface area contributed by atoms with E-state index in [0.717, 1.165) is 69.6 Å². The van der Waals surface area contributed by atoms with Crippen LogP contribution in [0.1, 0.15) is 30.9 Å². The lowest BCUT2D eigenvalue weighted by molar-refractivity contribution is 0.237. The van der Waals surface area contributed by atoms with Gasteiger partial charge in [-0.25, -0.2) is 4.98 Å². The van der Waals surface area contributed by atoms with Crippen LogP contribution >= 0.6 is 0 Å². The van der Waals surface area contributed by atoms with Gasteiger partial charge in [-0.3, -0.25) is 9.80 Å². The second-order valence-electron chi connectivity index (χ2n) is 5.82. The fourth-order valence-electron chi connectivity index (χ4n) is 2.79. The van der Waals surface area contributed by atoms with Gasteiger partial charge < -0.3 is 9.09 Å². The average Bonchev–Trinajstić information content (AvgIpc) is 3.06. The highest BCUT2D eigenvalue weighted by molar-refractivity contribution is 4.92. The third kappa shape index (κ3) is 3.72. The maximum atomic E-state index is 5.18. The third-order valence-electron chi connectivity index (χ3n) is 4.14. The molecule has 0 aromatic carbocycles. The normalized spacial score (nSPS) is 17.7. The molecule has 1 aliphatic heterocycles. The molecule has 0 radical (unpaired) electrons. The molecule has 3 heterocycles. The molecule has 0 amide bonds. The van der Waals surface area contributed by atoms with Crippen LogP contribution < -0.4 is 0 Å². The van der Waals surface area contributed by atoms with Gasteiger partial charge in [-0.15, -0.1) is 0 Å². The smallest absolute Gasteiger partial charge is 0.226 e. The highest BCUT2D eigenvalue weighted by Crippen LogP contribution is 2.10. The summed E-state index contributed by atoms with van der Waals surface area (Å²) in [4.78, 5) is 13.7. The molecule has 0 spiro atoms. The second kappa shape index (κ2) is 7.02. The topological polar surface area (TPSA) is 63.2 Å². The Morgan fingerprint density at radius 1 is 1.14 bits per heavy atom. The van der Waals surface area contributed by atoms with Crippen LogP contribution in [0.25, 0.3) is 0 Å². The van der Waals surface area contributed by atoms with E-state index in [9.17, 15) is 0 Å². The number of aromatic nitrogens is 4. The molecule has 0 atom stereocenters. The highest BCUT2D eigenvalue weighted by Gasteiger charge is 2.18. The summed E-state index contributed by atoms with van der Waals surface area (Å²) < 4.78 is 7.27. The van der Waals surface area contributed by atoms with E-state index in [2.05, 4.69) is 29.5 Å². The van der Waals surface area contributed by atoms with Gasteiger partial charge in [0.15, 0.2) is 5.82 Å². The van der Waals surface area contributed by atoms with E-state index < -0.39 is 0 Å². The first-order chi connectivity index (χ1) is 10.7. The molecule has 1 saturated heterocycles. The molecule has 1 aliphatic rings. The zero-order valence-corrected chi connectivity index (χ0v) is 13.4. The maximum absolute atomic E-state index is 5.18. The molecule has 7 nitrogen and oxygen atoms in total. The Kier molecular flexibility index (Phi) is 4.84. The van der Waals surface area contributed by atoms with Crippen molar-refractivity contribution < 1.29 is 4.52 Å². The SMILES string of the molecule is CCc1nc(CN2CCCN(Cc3nccn3C)CC2)no1. The van der Waals surface area contributed by atoms with Gasteiger partial charge in [-0.1, -0.05) is 12.1 Å². The van der Waals surface area contributed by atoms with E-state index in [1.807, 2.05) is 26.4 Å². The van der Waals surface area contributed by atoms with Crippen molar-refractivity contribution >= 4 is 0 Å². The summed E-state index contributed by atoms with van der Waals surface area (Å²) in [5.41, 5.74) is 0. The quantitative estimate of drug-likeness (QED) is 0.823. The van der Waals surface area contributed by atoms with Crippen LogP contribution in [0.2, 0.25) is 0 Å². The molecule has 2 aromatic rings. The molecule has 0 bridgehead atoms. The predicted molar refractivity (Wildman–Crippen MR) is 82.1 cm³/mol. The predicted octanol–water partition coefficient (Wildman–Crippen LogP) is 1.07. The molecular formula is C15H24N6O. The fourth-order valence-corrected chi connectivity index (χ4v) is 2.79. The van der Waals surface area contributed by atoms with Crippen molar-refractivity contribution in [1.82, 2.24) is 29.5 Å². The fraction of sp³-hybridized carbons (Fsp3) is 0.667. The molecule has 3 rings (SSSR count). The van der Waals surface area contributed by atoms with Gasteiger partial charge in [0.05, 0.1) is 13.1 Å². The zero-order chi connectivity index (χ0) is 15.4. The van der Waals surface area contributed by atoms with E-state index in [4.69, 9.17) is 4.52 Å². The summed E-state index contributed by atoms with van der Waals surface area (Å²) >= 11 is 0. The van der Waals surface area contributed by atoms with Gasteiger partial charge in [0, 0.05) is 39.0 Å². The van der Waals surface area contributed by atoms with Gasteiger partial charge in [-0.05, 0) is 19.5 Å². The van der Waals surface area contributed by atoms with Crippen LogP contribution in [0.15, 0.2) is 16.9 Å². The Bertz CT molecular complexity index is 592. The monoisotopic (exact) mass is 304 g/mol. The maximum Gasteiger partial charge on any atom is 0.226 e. The number of imidazole rings is 1. The lowest BCUT2D eigenvalue weighted by Gasteiger charge is -2.20. The van der Waals surface area contributed by atoms with Crippen molar-refractivity contribution in [2.45, 2.75) is 32.9 Å². The number of aryl methyl sites for hydroxylation is 2. The molecule has 7 heteroatoms. The number of nitrogens with zero attached hydrogens (tertiary/aromatic N) is 6. The lowest BCUT2D eigenvalue weighted by atomic mass is 10.3. The first kappa shape index (κ1) is 15.2. The van der Waals surface area contributed by atoms with Crippen molar-refractivity contribution in [3.63, 3.8) is 0 Å². The minimum absolute atomic E-state index is 0.723. The molecule has 22 heavy (non-hydrogen) atoms. The molecule has 0 saturated carbocycles. The molecule has 1 fully saturated rings. The summed E-state index contributed by atoms with van der Waals surface area (Å²) in [6.07, 6.45) is 5.81. The van der Waals surface area contributed by atoms with Crippen LogP contribution in [0.3, 0.4) is 0 Å². The van der Waals surface area contributed by atoms with E-state index in [1.54, 1.807) is 0 Å². The average molecular weight is 304 g/mol. The van der Waals surface area contributed by atoms with Crippen LogP contribution in [0.5, 0.6) is 0 Å². The van der Waals surface area contributed by atoms with Crippen LogP contribution in [0.4, 0.5) is 0 Å². The van der Waals surface area contributed by atoms with Gasteiger partial charge in [0.1, 0.15) is 5.82 Å². The molecule has 120 valence electrons. The first-order valence-corrected chi connectivity index (χ1v) is 7.97. The summed E-state index contributed by atoms with van der Waals surface area (Å²) in [6.45, 7) is 7.98. The molecule has 0 unspecified atom stereocenters. The number of rotatable bonds is 5. The number of hydrogen-bond acceptors (Lipinski definition) is 6. The van der Waals surface area contributed by atoms with Gasteiger partial charge in [0.2, 0.25) is 5.89 Å². The Morgan fingerprint density at radius 3 is 2.55 bits per heavy atom. The molecule has 2 aromatic heterocycles. The summed E-state index contributed by atoms with van der Waals surface area (Å²) in [7, 11) is 2.05. The minimum Gasteiger partial charge on any atom is -0.339 e. The van der Waals surface area contributed by atoms with Crippen molar-refractivity contribution in [3.8, 4) is 0 Å². The van der Waals surface area contributed by atoms with Crippen molar-refractivity contribution in [2.24, 2.45) is 7.05 Å². The van der Waals surface area contributed by atoms with Crippen LogP contribution in [-0.4, -0.2) is 55.7 Å². The van der Waals surface area contributed by atoms with Gasteiger partial charge >= 0.3 is 0 Å². The highest BCUT2D eigenvalue weighted by atomic mass is 16.5. The summed E-state index contributed by atoms with van der Waals surface area (Å²) in [5, 5.41) is 4.05. The summed E-state index contributed by atoms with van der Waals surface area (Å²) in [5.74, 6) is 2.65. The van der Waals surface area contributed by atoms with E-state index in [0.29, 0.717) is 0 Å². The van der Waals surface area contributed by atoms with Crippen molar-refractivity contribution in [2.75, 3.05) is 26.2 Å². The first-order valence-electron chi connectivity index (χ1n) is 7.97. The molecular weight excluding hydrogens is 280 g/mol. The van der Waals surface area contributed by atoms with E-state index >= 15 is 0 Å². The zero-order valence-electron chi connectivity index (χ0n) is 13.4. The van der Waals surface area contributed by atoms with E-state index in [-0.39, 0.29) is 0 Å². The third-order valence-corrected chi connectivity index (χ3v) is 4.14. The minimum atomic E-state index is 0.723. The standard InChI is InChI=1S/C15H24N6O/c1-3-15-17-13(18-22-15)11-20-6-4-7-21(10-9-20)12-14-16-5-8-19(14)2/h5,8H,3-4,6-7,9-12H2,1-2H3.